The Morgan fingerprint density at radius 2 is 0.970 bits per heavy atom. The fraction of sp³-hybridized carbons (Fsp3) is 0.161. The average molecular weight is 433 g/mol. The van der Waals surface area contributed by atoms with Crippen molar-refractivity contribution in [3.63, 3.8) is 0 Å². The van der Waals surface area contributed by atoms with E-state index in [0.717, 1.165) is 30.4 Å². The first-order valence-electron chi connectivity index (χ1n) is 11.4. The zero-order chi connectivity index (χ0) is 23.2. The Balaban J connectivity index is 1.57. The van der Waals surface area contributed by atoms with Crippen LogP contribution >= 0.6 is 0 Å². The smallest absolute Gasteiger partial charge is 0.152 e. The standard InChI is InChI=1S/C31H28O2/c1-22(32)14-16-26-20-18-24(28-10-3-5-12-30(26)28)8-7-9-25-19-21-27(17-15-23(2)33)31-13-6-4-11-29(25)31/h3-6,10-21H,7-9H2,1-2H3/b16-14+,17-15+. The van der Waals surface area contributed by atoms with E-state index in [1.807, 2.05) is 24.3 Å². The molecule has 0 radical (unpaired) electrons. The van der Waals surface area contributed by atoms with Gasteiger partial charge in [0.15, 0.2) is 11.6 Å². The molecule has 0 fully saturated rings. The summed E-state index contributed by atoms with van der Waals surface area (Å²) in [5, 5.41) is 4.86. The summed E-state index contributed by atoms with van der Waals surface area (Å²) >= 11 is 0. The van der Waals surface area contributed by atoms with Crippen molar-refractivity contribution in [2.75, 3.05) is 0 Å². The Kier molecular flexibility index (Phi) is 6.95. The predicted molar refractivity (Wildman–Crippen MR) is 139 cm³/mol. The van der Waals surface area contributed by atoms with Gasteiger partial charge in [0.1, 0.15) is 0 Å². The van der Waals surface area contributed by atoms with Crippen LogP contribution in [0.4, 0.5) is 0 Å². The lowest BCUT2D eigenvalue weighted by Crippen LogP contribution is -1.94. The molecule has 0 saturated heterocycles. The summed E-state index contributed by atoms with van der Waals surface area (Å²) in [4.78, 5) is 22.7. The van der Waals surface area contributed by atoms with Crippen LogP contribution in [0, 0.1) is 0 Å². The average Bonchev–Trinajstić information content (AvgIpc) is 2.82. The lowest BCUT2D eigenvalue weighted by molar-refractivity contribution is -0.113. The van der Waals surface area contributed by atoms with E-state index < -0.39 is 0 Å². The maximum atomic E-state index is 11.4. The van der Waals surface area contributed by atoms with Crippen LogP contribution in [0.15, 0.2) is 84.9 Å². The highest BCUT2D eigenvalue weighted by atomic mass is 16.1. The Morgan fingerprint density at radius 3 is 1.36 bits per heavy atom. The summed E-state index contributed by atoms with van der Waals surface area (Å²) in [5.41, 5.74) is 4.81. The summed E-state index contributed by atoms with van der Waals surface area (Å²) in [7, 11) is 0. The van der Waals surface area contributed by atoms with Crippen LogP contribution in [0.3, 0.4) is 0 Å². The third-order valence-corrected chi connectivity index (χ3v) is 5.98. The van der Waals surface area contributed by atoms with E-state index in [4.69, 9.17) is 0 Å². The highest BCUT2D eigenvalue weighted by Gasteiger charge is 2.07. The zero-order valence-electron chi connectivity index (χ0n) is 19.2. The van der Waals surface area contributed by atoms with Crippen molar-refractivity contribution in [1.29, 1.82) is 0 Å². The Morgan fingerprint density at radius 1 is 0.576 bits per heavy atom. The van der Waals surface area contributed by atoms with Crippen LogP contribution in [0.1, 0.15) is 42.5 Å². The molecular weight excluding hydrogens is 404 g/mol. The number of carbonyl (C=O) groups is 2. The minimum atomic E-state index is 0.0539. The first kappa shape index (κ1) is 22.4. The van der Waals surface area contributed by atoms with Gasteiger partial charge in [-0.1, -0.05) is 84.9 Å². The van der Waals surface area contributed by atoms with Gasteiger partial charge >= 0.3 is 0 Å². The molecule has 0 aliphatic heterocycles. The van der Waals surface area contributed by atoms with Gasteiger partial charge in [0.05, 0.1) is 0 Å². The Hall–Kier alpha value is -3.78. The van der Waals surface area contributed by atoms with Crippen LogP contribution < -0.4 is 0 Å². The molecule has 0 saturated carbocycles. The number of hydrogen-bond acceptors (Lipinski definition) is 2. The Labute approximate surface area is 195 Å². The monoisotopic (exact) mass is 432 g/mol. The summed E-state index contributed by atoms with van der Waals surface area (Å²) in [6.45, 7) is 3.14. The second-order valence-electron chi connectivity index (χ2n) is 8.46. The molecule has 2 nitrogen and oxygen atoms in total. The molecule has 0 unspecified atom stereocenters. The summed E-state index contributed by atoms with van der Waals surface area (Å²) < 4.78 is 0. The molecule has 0 bridgehead atoms. The number of allylic oxidation sites excluding steroid dienone is 2. The molecule has 0 atom stereocenters. The molecule has 4 aromatic rings. The van der Waals surface area contributed by atoms with Gasteiger partial charge in [-0.15, -0.1) is 0 Å². The number of hydrogen-bond donors (Lipinski definition) is 0. The van der Waals surface area contributed by atoms with E-state index in [-0.39, 0.29) is 11.6 Å². The SMILES string of the molecule is CC(=O)/C=C/c1ccc(CCCc2ccc(/C=C/C(C)=O)c3ccccc23)c2ccccc12. The highest BCUT2D eigenvalue weighted by Crippen LogP contribution is 2.28. The third kappa shape index (κ3) is 5.35. The van der Waals surface area contributed by atoms with E-state index >= 15 is 0 Å². The number of aryl methyl sites for hydroxylation is 2. The van der Waals surface area contributed by atoms with Crippen molar-refractivity contribution in [3.8, 4) is 0 Å². The molecular formula is C31H28O2. The molecule has 0 amide bonds. The number of ketones is 2. The fourth-order valence-electron chi connectivity index (χ4n) is 4.38. The van der Waals surface area contributed by atoms with E-state index in [1.165, 1.54) is 32.7 Å². The van der Waals surface area contributed by atoms with Gasteiger partial charge in [-0.25, -0.2) is 0 Å². The van der Waals surface area contributed by atoms with Crippen molar-refractivity contribution in [2.24, 2.45) is 0 Å². The maximum absolute atomic E-state index is 11.4. The van der Waals surface area contributed by atoms with E-state index in [2.05, 4.69) is 60.7 Å². The van der Waals surface area contributed by atoms with Crippen LogP contribution in [0.25, 0.3) is 33.7 Å². The maximum Gasteiger partial charge on any atom is 0.152 e. The van der Waals surface area contributed by atoms with Crippen molar-refractivity contribution in [1.82, 2.24) is 0 Å². The lowest BCUT2D eigenvalue weighted by atomic mass is 9.93. The lowest BCUT2D eigenvalue weighted by Gasteiger charge is -2.12. The van der Waals surface area contributed by atoms with Crippen LogP contribution in [0.2, 0.25) is 0 Å². The highest BCUT2D eigenvalue weighted by molar-refractivity contribution is 5.98. The third-order valence-electron chi connectivity index (χ3n) is 5.98. The van der Waals surface area contributed by atoms with Crippen molar-refractivity contribution in [3.05, 3.63) is 107 Å². The molecule has 2 heteroatoms. The van der Waals surface area contributed by atoms with Gasteiger partial charge < -0.3 is 0 Å². The molecule has 4 aromatic carbocycles. The minimum absolute atomic E-state index is 0.0539. The molecule has 0 aliphatic rings. The quantitative estimate of drug-likeness (QED) is 0.272. The van der Waals surface area contributed by atoms with Gasteiger partial charge in [0.2, 0.25) is 0 Å². The second kappa shape index (κ2) is 10.2. The van der Waals surface area contributed by atoms with Gasteiger partial charge in [0, 0.05) is 0 Å². The molecule has 164 valence electrons. The number of benzene rings is 4. The first-order chi connectivity index (χ1) is 16.0. The molecule has 4 rings (SSSR count). The molecule has 0 aromatic heterocycles. The predicted octanol–water partition coefficient (Wildman–Crippen LogP) is 7.37. The van der Waals surface area contributed by atoms with Crippen LogP contribution in [0.5, 0.6) is 0 Å². The van der Waals surface area contributed by atoms with E-state index in [1.54, 1.807) is 26.0 Å². The van der Waals surface area contributed by atoms with Crippen LogP contribution in [-0.4, -0.2) is 11.6 Å². The van der Waals surface area contributed by atoms with Gasteiger partial charge in [-0.2, -0.15) is 0 Å². The topological polar surface area (TPSA) is 34.1 Å². The Bertz CT molecular complexity index is 1280. The van der Waals surface area contributed by atoms with Crippen LogP contribution in [-0.2, 0) is 22.4 Å². The molecule has 0 spiro atoms. The van der Waals surface area contributed by atoms with E-state index in [0.29, 0.717) is 0 Å². The number of rotatable bonds is 8. The van der Waals surface area contributed by atoms with Crippen molar-refractivity contribution >= 4 is 45.3 Å². The van der Waals surface area contributed by atoms with Gasteiger partial charge in [-0.05, 0) is 89.1 Å². The van der Waals surface area contributed by atoms with Gasteiger partial charge in [-0.3, -0.25) is 9.59 Å². The first-order valence-corrected chi connectivity index (χ1v) is 11.4. The fourth-order valence-corrected chi connectivity index (χ4v) is 4.38. The molecule has 0 aliphatic carbocycles. The zero-order valence-corrected chi connectivity index (χ0v) is 19.2. The largest absolute Gasteiger partial charge is 0.295 e. The van der Waals surface area contributed by atoms with E-state index in [9.17, 15) is 9.59 Å². The second-order valence-corrected chi connectivity index (χ2v) is 8.46. The van der Waals surface area contributed by atoms with Crippen molar-refractivity contribution < 1.29 is 9.59 Å². The molecule has 33 heavy (non-hydrogen) atoms. The molecule has 0 heterocycles. The number of fused-ring (bicyclic) bond motifs is 2. The molecule has 0 N–H and O–H groups in total. The van der Waals surface area contributed by atoms with Gasteiger partial charge in [0.25, 0.3) is 0 Å². The summed E-state index contributed by atoms with van der Waals surface area (Å²) in [6, 6.07) is 25.4. The summed E-state index contributed by atoms with van der Waals surface area (Å²) in [5.74, 6) is 0.108. The van der Waals surface area contributed by atoms with Crippen molar-refractivity contribution in [2.45, 2.75) is 33.1 Å². The number of carbonyl (C=O) groups excluding carboxylic acids is 2. The minimum Gasteiger partial charge on any atom is -0.295 e. The normalized spacial score (nSPS) is 11.7. The summed E-state index contributed by atoms with van der Waals surface area (Å²) in [6.07, 6.45) is 10.1.